The fraction of sp³-hybridized carbons (Fsp3) is 0.208. The van der Waals surface area contributed by atoms with Crippen LogP contribution >= 0.6 is 11.6 Å². The minimum Gasteiger partial charge on any atom is -0.348 e. The van der Waals surface area contributed by atoms with Gasteiger partial charge in [0, 0.05) is 17.1 Å². The summed E-state index contributed by atoms with van der Waals surface area (Å²) in [5.41, 5.74) is 1.91. The van der Waals surface area contributed by atoms with E-state index in [9.17, 15) is 17.6 Å². The number of benzene rings is 3. The maximum Gasteiger partial charge on any atom is 0.243 e. The van der Waals surface area contributed by atoms with Crippen LogP contribution in [0.4, 0.5) is 4.39 Å². The number of aryl methyl sites for hydroxylation is 1. The molecule has 8 heteroatoms. The van der Waals surface area contributed by atoms with Gasteiger partial charge in [0.15, 0.2) is 0 Å². The summed E-state index contributed by atoms with van der Waals surface area (Å²) in [6.45, 7) is 2.91. The normalized spacial score (nSPS) is 12.5. The van der Waals surface area contributed by atoms with Crippen LogP contribution < -0.4 is 5.32 Å². The van der Waals surface area contributed by atoms with Gasteiger partial charge < -0.3 is 5.32 Å². The number of hydrogen-bond donors (Lipinski definition) is 1. The zero-order chi connectivity index (χ0) is 23.3. The molecule has 168 valence electrons. The van der Waals surface area contributed by atoms with Crippen LogP contribution in [0.3, 0.4) is 0 Å². The fourth-order valence-electron chi connectivity index (χ4n) is 3.18. The van der Waals surface area contributed by atoms with E-state index >= 15 is 0 Å². The molecule has 0 spiro atoms. The highest BCUT2D eigenvalue weighted by Crippen LogP contribution is 2.21. The van der Waals surface area contributed by atoms with Gasteiger partial charge in [-0.1, -0.05) is 59.6 Å². The summed E-state index contributed by atoms with van der Waals surface area (Å²) in [4.78, 5) is 12.8. The lowest BCUT2D eigenvalue weighted by molar-refractivity contribution is -0.122. The van der Waals surface area contributed by atoms with Crippen molar-refractivity contribution < 1.29 is 17.6 Å². The van der Waals surface area contributed by atoms with Crippen molar-refractivity contribution in [2.75, 3.05) is 6.54 Å². The third-order valence-corrected chi connectivity index (χ3v) is 7.09. The van der Waals surface area contributed by atoms with E-state index in [1.807, 2.05) is 6.92 Å². The Morgan fingerprint density at radius 3 is 2.28 bits per heavy atom. The molecule has 0 saturated heterocycles. The summed E-state index contributed by atoms with van der Waals surface area (Å²) in [6.07, 6.45) is 0. The van der Waals surface area contributed by atoms with Gasteiger partial charge in [0.05, 0.1) is 17.5 Å². The molecule has 5 nitrogen and oxygen atoms in total. The van der Waals surface area contributed by atoms with E-state index in [1.165, 1.54) is 30.3 Å². The lowest BCUT2D eigenvalue weighted by Crippen LogP contribution is -2.41. The van der Waals surface area contributed by atoms with Gasteiger partial charge in [-0.05, 0) is 49.7 Å². The molecule has 0 saturated carbocycles. The van der Waals surface area contributed by atoms with Crippen molar-refractivity contribution in [3.8, 4) is 0 Å². The lowest BCUT2D eigenvalue weighted by Gasteiger charge is -2.23. The van der Waals surface area contributed by atoms with Crippen LogP contribution in [0.2, 0.25) is 5.02 Å². The van der Waals surface area contributed by atoms with Crippen molar-refractivity contribution in [1.29, 1.82) is 0 Å². The molecule has 3 aromatic carbocycles. The highest BCUT2D eigenvalue weighted by atomic mass is 35.5. The second kappa shape index (κ2) is 10.3. The van der Waals surface area contributed by atoms with Crippen LogP contribution in [0.5, 0.6) is 0 Å². The Kier molecular flexibility index (Phi) is 7.66. The van der Waals surface area contributed by atoms with Crippen molar-refractivity contribution in [2.24, 2.45) is 0 Å². The minimum atomic E-state index is -4.05. The van der Waals surface area contributed by atoms with E-state index in [-0.39, 0.29) is 23.0 Å². The molecule has 1 N–H and O–H groups in total. The molecule has 0 bridgehead atoms. The first-order valence-corrected chi connectivity index (χ1v) is 11.8. The van der Waals surface area contributed by atoms with Gasteiger partial charge in [-0.15, -0.1) is 0 Å². The Morgan fingerprint density at radius 1 is 1.03 bits per heavy atom. The van der Waals surface area contributed by atoms with Crippen molar-refractivity contribution in [1.82, 2.24) is 9.62 Å². The number of rotatable bonds is 8. The smallest absolute Gasteiger partial charge is 0.243 e. The maximum absolute atomic E-state index is 14.3. The zero-order valence-corrected chi connectivity index (χ0v) is 19.3. The first kappa shape index (κ1) is 23.9. The van der Waals surface area contributed by atoms with Crippen molar-refractivity contribution in [2.45, 2.75) is 31.3 Å². The molecule has 0 fully saturated rings. The van der Waals surface area contributed by atoms with Crippen LogP contribution in [0.15, 0.2) is 77.7 Å². The van der Waals surface area contributed by atoms with E-state index in [4.69, 9.17) is 11.6 Å². The molecule has 32 heavy (non-hydrogen) atoms. The number of nitrogens with one attached hydrogen (secondary N) is 1. The van der Waals surface area contributed by atoms with Gasteiger partial charge in [-0.2, -0.15) is 4.31 Å². The predicted molar refractivity (Wildman–Crippen MR) is 123 cm³/mol. The Morgan fingerprint density at radius 2 is 1.66 bits per heavy atom. The quantitative estimate of drug-likeness (QED) is 0.507. The van der Waals surface area contributed by atoms with Crippen molar-refractivity contribution in [3.05, 3.63) is 100 Å². The van der Waals surface area contributed by atoms with Gasteiger partial charge in [-0.3, -0.25) is 4.79 Å². The molecule has 0 aromatic heterocycles. The zero-order valence-electron chi connectivity index (χ0n) is 17.8. The largest absolute Gasteiger partial charge is 0.348 e. The average Bonchev–Trinajstić information content (AvgIpc) is 2.75. The number of carbonyl (C=O) groups is 1. The summed E-state index contributed by atoms with van der Waals surface area (Å²) in [6, 6.07) is 18.9. The third-order valence-electron chi connectivity index (χ3n) is 5.03. The first-order valence-electron chi connectivity index (χ1n) is 10.0. The van der Waals surface area contributed by atoms with Crippen LogP contribution in [0, 0.1) is 12.7 Å². The monoisotopic (exact) mass is 474 g/mol. The van der Waals surface area contributed by atoms with E-state index < -0.39 is 28.3 Å². The Balaban J connectivity index is 1.84. The van der Waals surface area contributed by atoms with Crippen molar-refractivity contribution >= 4 is 27.5 Å². The van der Waals surface area contributed by atoms with Crippen LogP contribution in [-0.4, -0.2) is 25.2 Å². The summed E-state index contributed by atoms with van der Waals surface area (Å²) in [5.74, 6) is -1.04. The molecule has 1 atom stereocenters. The van der Waals surface area contributed by atoms with E-state index in [0.29, 0.717) is 5.02 Å². The molecule has 0 aliphatic rings. The molecule has 1 unspecified atom stereocenters. The molecular formula is C24H24ClFN2O3S. The molecule has 0 radical (unpaired) electrons. The number of nitrogens with zero attached hydrogens (tertiary/aromatic N) is 1. The number of carbonyl (C=O) groups excluding carboxylic acids is 1. The second-order valence-corrected chi connectivity index (χ2v) is 9.89. The topological polar surface area (TPSA) is 66.5 Å². The van der Waals surface area contributed by atoms with Gasteiger partial charge in [0.2, 0.25) is 15.9 Å². The predicted octanol–water partition coefficient (Wildman–Crippen LogP) is 4.86. The van der Waals surface area contributed by atoms with Gasteiger partial charge in [0.25, 0.3) is 0 Å². The molecule has 0 heterocycles. The number of sulfonamides is 1. The molecule has 0 aliphatic carbocycles. The highest BCUT2D eigenvalue weighted by Gasteiger charge is 2.28. The lowest BCUT2D eigenvalue weighted by atomic mass is 10.1. The van der Waals surface area contributed by atoms with Gasteiger partial charge in [0.1, 0.15) is 5.82 Å². The second-order valence-electron chi connectivity index (χ2n) is 7.52. The van der Waals surface area contributed by atoms with E-state index in [0.717, 1.165) is 15.4 Å². The molecular weight excluding hydrogens is 451 g/mol. The summed E-state index contributed by atoms with van der Waals surface area (Å²) in [7, 11) is -4.05. The minimum absolute atomic E-state index is 0.0398. The number of hydrogen-bond acceptors (Lipinski definition) is 3. The molecule has 3 aromatic rings. The molecule has 3 rings (SSSR count). The molecule has 1 amide bonds. The van der Waals surface area contributed by atoms with Gasteiger partial charge in [-0.25, -0.2) is 12.8 Å². The van der Waals surface area contributed by atoms with Gasteiger partial charge >= 0.3 is 0 Å². The van der Waals surface area contributed by atoms with E-state index in [1.54, 1.807) is 49.4 Å². The van der Waals surface area contributed by atoms with Crippen LogP contribution in [0.25, 0.3) is 0 Å². The standard InChI is InChI=1S/C24H24ClFN2O3S/c1-17-7-13-22(14-8-17)32(30,31)28(15-20-5-3-4-6-23(20)26)16-24(29)27-18(2)19-9-11-21(25)12-10-19/h3-14,18H,15-16H2,1-2H3,(H,27,29). The van der Waals surface area contributed by atoms with Crippen molar-refractivity contribution in [3.63, 3.8) is 0 Å². The average molecular weight is 475 g/mol. The Labute approximate surface area is 192 Å². The van der Waals surface area contributed by atoms with E-state index in [2.05, 4.69) is 5.32 Å². The summed E-state index contributed by atoms with van der Waals surface area (Å²) in [5, 5.41) is 3.37. The Hall–Kier alpha value is -2.74. The summed E-state index contributed by atoms with van der Waals surface area (Å²) >= 11 is 5.91. The third kappa shape index (κ3) is 5.94. The number of amides is 1. The fourth-order valence-corrected chi connectivity index (χ4v) is 4.68. The first-order chi connectivity index (χ1) is 15.2. The Bertz CT molecular complexity index is 1180. The highest BCUT2D eigenvalue weighted by molar-refractivity contribution is 7.89. The number of halogens is 2. The molecule has 0 aliphatic heterocycles. The maximum atomic E-state index is 14.3. The SMILES string of the molecule is Cc1ccc(S(=O)(=O)N(CC(=O)NC(C)c2ccc(Cl)cc2)Cc2ccccc2F)cc1. The summed E-state index contributed by atoms with van der Waals surface area (Å²) < 4.78 is 41.8. The van der Waals surface area contributed by atoms with Crippen LogP contribution in [-0.2, 0) is 21.4 Å². The van der Waals surface area contributed by atoms with Crippen LogP contribution in [0.1, 0.15) is 29.7 Å².